The molecule has 0 radical (unpaired) electrons. The maximum absolute atomic E-state index is 5.81. The number of nitrogen functional groups attached to an aromatic ring is 1. The van der Waals surface area contributed by atoms with Crippen molar-refractivity contribution in [3.8, 4) is 5.75 Å². The predicted molar refractivity (Wildman–Crippen MR) is 81.5 cm³/mol. The monoisotopic (exact) mass is 326 g/mol. The first-order valence-electron chi connectivity index (χ1n) is 5.47. The van der Waals surface area contributed by atoms with Crippen LogP contribution >= 0.6 is 27.3 Å². The number of rotatable bonds is 4. The summed E-state index contributed by atoms with van der Waals surface area (Å²) in [6.07, 6.45) is 0. The normalized spacial score (nSPS) is 10.4. The average molecular weight is 327 g/mol. The lowest BCUT2D eigenvalue weighted by Crippen LogP contribution is -2.15. The van der Waals surface area contributed by atoms with E-state index in [2.05, 4.69) is 39.3 Å². The first-order valence-corrected chi connectivity index (χ1v) is 7.15. The Hall–Kier alpha value is -1.20. The lowest BCUT2D eigenvalue weighted by Gasteiger charge is -2.19. The third-order valence-corrected chi connectivity index (χ3v) is 4.35. The molecular weight excluding hydrogens is 312 g/mol. The summed E-state index contributed by atoms with van der Waals surface area (Å²) in [4.78, 5) is 3.47. The number of nitrogens with two attached hydrogens (primary N) is 1. The highest BCUT2D eigenvalue weighted by Gasteiger charge is 2.07. The van der Waals surface area contributed by atoms with Gasteiger partial charge in [-0.3, -0.25) is 0 Å². The Labute approximate surface area is 119 Å². The van der Waals surface area contributed by atoms with Gasteiger partial charge in [-0.05, 0) is 34.1 Å². The van der Waals surface area contributed by atoms with Gasteiger partial charge in [0.2, 0.25) is 0 Å². The second-order valence-corrected chi connectivity index (χ2v) is 5.93. The van der Waals surface area contributed by atoms with Crippen LogP contribution in [0.5, 0.6) is 5.75 Å². The molecule has 5 heteroatoms. The number of hydrogen-bond donors (Lipinski definition) is 1. The van der Waals surface area contributed by atoms with Gasteiger partial charge < -0.3 is 15.4 Å². The van der Waals surface area contributed by atoms with Crippen LogP contribution in [0.25, 0.3) is 0 Å². The van der Waals surface area contributed by atoms with Crippen LogP contribution in [-0.2, 0) is 6.54 Å². The first kappa shape index (κ1) is 13.2. The molecule has 0 fully saturated rings. The summed E-state index contributed by atoms with van der Waals surface area (Å²) in [6.45, 7) is 0.864. The molecule has 2 N–H and O–H groups in total. The van der Waals surface area contributed by atoms with Crippen molar-refractivity contribution in [1.29, 1.82) is 0 Å². The molecule has 3 nitrogen and oxygen atoms in total. The number of anilines is 2. The van der Waals surface area contributed by atoms with E-state index in [-0.39, 0.29) is 0 Å². The van der Waals surface area contributed by atoms with Crippen LogP contribution in [0, 0.1) is 0 Å². The van der Waals surface area contributed by atoms with E-state index in [1.807, 2.05) is 18.2 Å². The molecule has 18 heavy (non-hydrogen) atoms. The minimum absolute atomic E-state index is 0.661. The summed E-state index contributed by atoms with van der Waals surface area (Å²) in [5, 5.41) is 2.09. The third kappa shape index (κ3) is 2.97. The molecule has 2 rings (SSSR count). The summed E-state index contributed by atoms with van der Waals surface area (Å²) >= 11 is 5.21. The van der Waals surface area contributed by atoms with Crippen molar-refractivity contribution in [1.82, 2.24) is 0 Å². The summed E-state index contributed by atoms with van der Waals surface area (Å²) in [5.41, 5.74) is 7.56. The fraction of sp³-hybridized carbons (Fsp3) is 0.231. The fourth-order valence-electron chi connectivity index (χ4n) is 1.70. The van der Waals surface area contributed by atoms with Gasteiger partial charge in [0, 0.05) is 33.5 Å². The van der Waals surface area contributed by atoms with Crippen LogP contribution in [0.1, 0.15) is 4.88 Å². The van der Waals surface area contributed by atoms with Gasteiger partial charge in [0.25, 0.3) is 0 Å². The second-order valence-electron chi connectivity index (χ2n) is 4.01. The van der Waals surface area contributed by atoms with Crippen molar-refractivity contribution in [3.05, 3.63) is 39.0 Å². The highest BCUT2D eigenvalue weighted by atomic mass is 79.9. The Bertz CT molecular complexity index is 542. The Kier molecular flexibility index (Phi) is 4.14. The molecule has 1 heterocycles. The van der Waals surface area contributed by atoms with Gasteiger partial charge in [-0.1, -0.05) is 0 Å². The van der Waals surface area contributed by atoms with Gasteiger partial charge in [0.15, 0.2) is 0 Å². The van der Waals surface area contributed by atoms with Crippen LogP contribution in [0.3, 0.4) is 0 Å². The third-order valence-electron chi connectivity index (χ3n) is 2.67. The van der Waals surface area contributed by atoms with Gasteiger partial charge >= 0.3 is 0 Å². The number of nitrogens with zero attached hydrogens (tertiary/aromatic N) is 1. The summed E-state index contributed by atoms with van der Waals surface area (Å²) in [6, 6.07) is 7.96. The van der Waals surface area contributed by atoms with Crippen molar-refractivity contribution in [2.75, 3.05) is 24.8 Å². The van der Waals surface area contributed by atoms with Crippen molar-refractivity contribution in [3.63, 3.8) is 0 Å². The maximum Gasteiger partial charge on any atom is 0.143 e. The van der Waals surface area contributed by atoms with Crippen LogP contribution in [0.4, 0.5) is 11.4 Å². The van der Waals surface area contributed by atoms with Gasteiger partial charge in [0.1, 0.15) is 5.75 Å². The fourth-order valence-corrected chi connectivity index (χ4v) is 3.20. The smallest absolute Gasteiger partial charge is 0.143 e. The standard InChI is InChI=1S/C13H15BrN2OS/c1-16(7-11-5-9(14)8-18-11)10-3-4-12(15)13(6-10)17-2/h3-6,8H,7,15H2,1-2H3. The van der Waals surface area contributed by atoms with Gasteiger partial charge in [0.05, 0.1) is 19.3 Å². The number of ether oxygens (including phenoxy) is 1. The van der Waals surface area contributed by atoms with Crippen LogP contribution in [-0.4, -0.2) is 14.2 Å². The number of halogens is 1. The van der Waals surface area contributed by atoms with E-state index in [1.54, 1.807) is 18.4 Å². The van der Waals surface area contributed by atoms with Crippen LogP contribution in [0.2, 0.25) is 0 Å². The van der Waals surface area contributed by atoms with E-state index in [0.717, 1.165) is 16.7 Å². The van der Waals surface area contributed by atoms with Crippen LogP contribution < -0.4 is 15.4 Å². The van der Waals surface area contributed by atoms with Gasteiger partial charge in [-0.25, -0.2) is 0 Å². The molecule has 0 amide bonds. The molecule has 0 unspecified atom stereocenters. The van der Waals surface area contributed by atoms with E-state index < -0.39 is 0 Å². The summed E-state index contributed by atoms with van der Waals surface area (Å²) in [5.74, 6) is 0.715. The molecule has 0 aliphatic carbocycles. The largest absolute Gasteiger partial charge is 0.495 e. The minimum atomic E-state index is 0.661. The minimum Gasteiger partial charge on any atom is -0.495 e. The molecule has 96 valence electrons. The molecule has 0 aliphatic rings. The molecule has 0 atom stereocenters. The number of benzene rings is 1. The van der Waals surface area contributed by atoms with E-state index in [0.29, 0.717) is 11.4 Å². The van der Waals surface area contributed by atoms with Crippen LogP contribution in [0.15, 0.2) is 34.1 Å². The molecule has 2 aromatic rings. The summed E-state index contributed by atoms with van der Waals surface area (Å²) in [7, 11) is 3.68. The van der Waals surface area contributed by atoms with Gasteiger partial charge in [-0.15, -0.1) is 11.3 Å². The zero-order valence-corrected chi connectivity index (χ0v) is 12.7. The molecule has 0 spiro atoms. The molecule has 1 aromatic carbocycles. The van der Waals surface area contributed by atoms with Crippen molar-refractivity contribution >= 4 is 38.6 Å². The Morgan fingerprint density at radius 1 is 1.39 bits per heavy atom. The zero-order valence-electron chi connectivity index (χ0n) is 10.3. The number of methoxy groups -OCH3 is 1. The molecule has 1 aromatic heterocycles. The Morgan fingerprint density at radius 3 is 2.78 bits per heavy atom. The molecule has 0 saturated carbocycles. The molecule has 0 aliphatic heterocycles. The van der Waals surface area contributed by atoms with Crippen molar-refractivity contribution < 1.29 is 4.74 Å². The SMILES string of the molecule is COc1cc(N(C)Cc2cc(Br)cs2)ccc1N. The zero-order chi connectivity index (χ0) is 13.1. The topological polar surface area (TPSA) is 38.5 Å². The lowest BCUT2D eigenvalue weighted by atomic mass is 10.2. The van der Waals surface area contributed by atoms with Crippen molar-refractivity contribution in [2.24, 2.45) is 0 Å². The van der Waals surface area contributed by atoms with E-state index in [1.165, 1.54) is 4.88 Å². The van der Waals surface area contributed by atoms with E-state index in [9.17, 15) is 0 Å². The lowest BCUT2D eigenvalue weighted by molar-refractivity contribution is 0.417. The number of thiophene rings is 1. The van der Waals surface area contributed by atoms with E-state index >= 15 is 0 Å². The highest BCUT2D eigenvalue weighted by Crippen LogP contribution is 2.28. The highest BCUT2D eigenvalue weighted by molar-refractivity contribution is 9.10. The van der Waals surface area contributed by atoms with Crippen molar-refractivity contribution in [2.45, 2.75) is 6.54 Å². The molecule has 0 saturated heterocycles. The Morgan fingerprint density at radius 2 is 2.17 bits per heavy atom. The number of hydrogen-bond acceptors (Lipinski definition) is 4. The Balaban J connectivity index is 2.15. The predicted octanol–water partition coefficient (Wildman–Crippen LogP) is 3.74. The molecule has 0 bridgehead atoms. The second kappa shape index (κ2) is 5.63. The summed E-state index contributed by atoms with van der Waals surface area (Å²) < 4.78 is 6.36. The maximum atomic E-state index is 5.81. The van der Waals surface area contributed by atoms with Gasteiger partial charge in [-0.2, -0.15) is 0 Å². The first-order chi connectivity index (χ1) is 8.60. The quantitative estimate of drug-likeness (QED) is 0.870. The molecular formula is C13H15BrN2OS. The average Bonchev–Trinajstić information content (AvgIpc) is 2.75. The van der Waals surface area contributed by atoms with E-state index in [4.69, 9.17) is 10.5 Å².